The summed E-state index contributed by atoms with van der Waals surface area (Å²) in [5, 5.41) is 3.39. The molecule has 0 bridgehead atoms. The molecule has 4 heteroatoms. The summed E-state index contributed by atoms with van der Waals surface area (Å²) in [6.07, 6.45) is 9.09. The molecule has 18 heavy (non-hydrogen) atoms. The summed E-state index contributed by atoms with van der Waals surface area (Å²) in [7, 11) is 2.01. The van der Waals surface area contributed by atoms with Crippen molar-refractivity contribution in [2.45, 2.75) is 58.2 Å². The number of rotatable bonds is 5. The second kappa shape index (κ2) is 5.74. The third kappa shape index (κ3) is 2.69. The first-order chi connectivity index (χ1) is 8.63. The van der Waals surface area contributed by atoms with E-state index in [-0.39, 0.29) is 11.7 Å². The number of nitrogens with zero attached hydrogens (tertiary/aromatic N) is 2. The van der Waals surface area contributed by atoms with Gasteiger partial charge in [0.15, 0.2) is 0 Å². The van der Waals surface area contributed by atoms with Gasteiger partial charge in [0.25, 0.3) is 0 Å². The SMILES string of the molecule is CNC(Cn1ccn(C(C)C)c1=O)C1CCCC1. The van der Waals surface area contributed by atoms with Gasteiger partial charge in [-0.05, 0) is 39.7 Å². The molecule has 1 fully saturated rings. The summed E-state index contributed by atoms with van der Waals surface area (Å²) in [5.74, 6) is 0.726. The minimum Gasteiger partial charge on any atom is -0.315 e. The lowest BCUT2D eigenvalue weighted by Gasteiger charge is -2.22. The number of nitrogens with one attached hydrogen (secondary N) is 1. The van der Waals surface area contributed by atoms with Crippen molar-refractivity contribution in [3.8, 4) is 0 Å². The first kappa shape index (κ1) is 13.4. The Kier molecular flexibility index (Phi) is 4.27. The second-order valence-electron chi connectivity index (χ2n) is 5.67. The first-order valence-electron chi connectivity index (χ1n) is 7.08. The molecule has 1 unspecified atom stereocenters. The average molecular weight is 251 g/mol. The average Bonchev–Trinajstić information content (AvgIpc) is 2.96. The van der Waals surface area contributed by atoms with Gasteiger partial charge in [0.2, 0.25) is 0 Å². The molecule has 1 atom stereocenters. The lowest BCUT2D eigenvalue weighted by molar-refractivity contribution is 0.335. The van der Waals surface area contributed by atoms with E-state index in [1.165, 1.54) is 25.7 Å². The third-order valence-electron chi connectivity index (χ3n) is 4.16. The summed E-state index contributed by atoms with van der Waals surface area (Å²) in [6.45, 7) is 4.87. The first-order valence-corrected chi connectivity index (χ1v) is 7.08. The lowest BCUT2D eigenvalue weighted by Crippen LogP contribution is -2.39. The molecule has 0 amide bonds. The number of hydrogen-bond donors (Lipinski definition) is 1. The Bertz CT molecular complexity index is 426. The van der Waals surface area contributed by atoms with Crippen LogP contribution in [0.4, 0.5) is 0 Å². The van der Waals surface area contributed by atoms with Crippen LogP contribution in [-0.2, 0) is 6.54 Å². The van der Waals surface area contributed by atoms with Crippen LogP contribution in [0.25, 0.3) is 0 Å². The summed E-state index contributed by atoms with van der Waals surface area (Å²) < 4.78 is 3.64. The molecule has 0 aromatic carbocycles. The van der Waals surface area contributed by atoms with Gasteiger partial charge in [-0.2, -0.15) is 0 Å². The Morgan fingerprint density at radius 3 is 2.50 bits per heavy atom. The topological polar surface area (TPSA) is 39.0 Å². The Morgan fingerprint density at radius 2 is 2.00 bits per heavy atom. The molecule has 102 valence electrons. The number of aromatic nitrogens is 2. The van der Waals surface area contributed by atoms with E-state index in [2.05, 4.69) is 5.32 Å². The zero-order chi connectivity index (χ0) is 13.1. The molecule has 0 radical (unpaired) electrons. The molecule has 0 saturated heterocycles. The van der Waals surface area contributed by atoms with Crippen LogP contribution in [0.1, 0.15) is 45.6 Å². The van der Waals surface area contributed by atoms with Crippen molar-refractivity contribution in [1.82, 2.24) is 14.5 Å². The van der Waals surface area contributed by atoms with Crippen molar-refractivity contribution in [2.75, 3.05) is 7.05 Å². The zero-order valence-electron chi connectivity index (χ0n) is 11.7. The smallest absolute Gasteiger partial charge is 0.315 e. The fourth-order valence-electron chi connectivity index (χ4n) is 3.01. The molecule has 1 saturated carbocycles. The van der Waals surface area contributed by atoms with Crippen LogP contribution in [0.3, 0.4) is 0 Å². The maximum Gasteiger partial charge on any atom is 0.328 e. The van der Waals surface area contributed by atoms with E-state index >= 15 is 0 Å². The highest BCUT2D eigenvalue weighted by Gasteiger charge is 2.24. The molecule has 1 aliphatic carbocycles. The zero-order valence-corrected chi connectivity index (χ0v) is 11.7. The van der Waals surface area contributed by atoms with Crippen molar-refractivity contribution in [3.05, 3.63) is 22.9 Å². The molecule has 4 nitrogen and oxygen atoms in total. The van der Waals surface area contributed by atoms with Gasteiger partial charge in [-0.1, -0.05) is 12.8 Å². The highest BCUT2D eigenvalue weighted by molar-refractivity contribution is 4.87. The fraction of sp³-hybridized carbons (Fsp3) is 0.786. The Morgan fingerprint density at radius 1 is 1.33 bits per heavy atom. The highest BCUT2D eigenvalue weighted by Crippen LogP contribution is 2.28. The summed E-state index contributed by atoms with van der Waals surface area (Å²) >= 11 is 0. The molecule has 1 heterocycles. The van der Waals surface area contributed by atoms with Gasteiger partial charge in [0, 0.05) is 31.0 Å². The van der Waals surface area contributed by atoms with Crippen molar-refractivity contribution in [2.24, 2.45) is 5.92 Å². The Labute approximate surface area is 109 Å². The quantitative estimate of drug-likeness (QED) is 0.869. The highest BCUT2D eigenvalue weighted by atomic mass is 16.1. The maximum atomic E-state index is 12.2. The van der Waals surface area contributed by atoms with Crippen molar-refractivity contribution >= 4 is 0 Å². The van der Waals surface area contributed by atoms with E-state index in [1.54, 1.807) is 4.57 Å². The van der Waals surface area contributed by atoms with E-state index in [0.29, 0.717) is 6.04 Å². The summed E-state index contributed by atoms with van der Waals surface area (Å²) in [6, 6.07) is 0.659. The molecule has 1 aromatic heterocycles. The molecule has 0 aliphatic heterocycles. The molecule has 1 N–H and O–H groups in total. The molecule has 1 aliphatic rings. The van der Waals surface area contributed by atoms with Crippen molar-refractivity contribution < 1.29 is 0 Å². The molecular weight excluding hydrogens is 226 g/mol. The fourth-order valence-corrected chi connectivity index (χ4v) is 3.01. The van der Waals surface area contributed by atoms with Gasteiger partial charge >= 0.3 is 5.69 Å². The second-order valence-corrected chi connectivity index (χ2v) is 5.67. The molecular formula is C14H25N3O. The summed E-state index contributed by atoms with van der Waals surface area (Å²) in [5.41, 5.74) is 0.114. The van der Waals surface area contributed by atoms with Crippen LogP contribution in [0.5, 0.6) is 0 Å². The minimum atomic E-state index is 0.114. The maximum absolute atomic E-state index is 12.2. The summed E-state index contributed by atoms with van der Waals surface area (Å²) in [4.78, 5) is 12.2. The predicted octanol–water partition coefficient (Wildman–Crippen LogP) is 2.01. The van der Waals surface area contributed by atoms with Gasteiger partial charge in [-0.25, -0.2) is 4.79 Å². The molecule has 1 aromatic rings. The normalized spacial score (nSPS) is 18.7. The van der Waals surface area contributed by atoms with Crippen molar-refractivity contribution in [3.63, 3.8) is 0 Å². The third-order valence-corrected chi connectivity index (χ3v) is 4.16. The monoisotopic (exact) mass is 251 g/mol. The number of imidazole rings is 1. The van der Waals surface area contributed by atoms with E-state index in [4.69, 9.17) is 0 Å². The van der Waals surface area contributed by atoms with Crippen LogP contribution in [0.15, 0.2) is 17.2 Å². The number of likely N-dealkylation sites (N-methyl/N-ethyl adjacent to an activating group) is 1. The van der Waals surface area contributed by atoms with Crippen LogP contribution >= 0.6 is 0 Å². The van der Waals surface area contributed by atoms with Gasteiger partial charge in [-0.15, -0.1) is 0 Å². The lowest BCUT2D eigenvalue weighted by atomic mass is 9.98. The van der Waals surface area contributed by atoms with Gasteiger partial charge in [0.05, 0.1) is 0 Å². The molecule has 2 rings (SSSR count). The predicted molar refractivity (Wildman–Crippen MR) is 73.9 cm³/mol. The minimum absolute atomic E-state index is 0.114. The van der Waals surface area contributed by atoms with E-state index in [0.717, 1.165) is 12.5 Å². The van der Waals surface area contributed by atoms with E-state index < -0.39 is 0 Å². The van der Waals surface area contributed by atoms with Crippen LogP contribution in [0.2, 0.25) is 0 Å². The van der Waals surface area contributed by atoms with Crippen LogP contribution < -0.4 is 11.0 Å². The molecule has 0 spiro atoms. The largest absolute Gasteiger partial charge is 0.328 e. The van der Waals surface area contributed by atoms with Crippen LogP contribution in [0, 0.1) is 5.92 Å². The standard InChI is InChI=1S/C14H25N3O/c1-11(2)17-9-8-16(14(17)18)10-13(15-3)12-6-4-5-7-12/h8-9,11-13,15H,4-7,10H2,1-3H3. The van der Waals surface area contributed by atoms with Gasteiger partial charge in [-0.3, -0.25) is 9.13 Å². The van der Waals surface area contributed by atoms with Gasteiger partial charge in [0.1, 0.15) is 0 Å². The van der Waals surface area contributed by atoms with Crippen molar-refractivity contribution in [1.29, 1.82) is 0 Å². The Balaban J connectivity index is 2.09. The van der Waals surface area contributed by atoms with E-state index in [9.17, 15) is 4.79 Å². The van der Waals surface area contributed by atoms with E-state index in [1.807, 2.05) is 37.9 Å². The van der Waals surface area contributed by atoms with Gasteiger partial charge < -0.3 is 5.32 Å². The Hall–Kier alpha value is -1.03. The van der Waals surface area contributed by atoms with Crippen LogP contribution in [-0.4, -0.2) is 22.2 Å². The number of hydrogen-bond acceptors (Lipinski definition) is 2.